The quantitative estimate of drug-likeness (QED) is 0.00752. The van der Waals surface area contributed by atoms with Crippen LogP contribution in [0.4, 0.5) is 34.3 Å². The molecule has 0 saturated heterocycles. The molecule has 0 aliphatic heterocycles. The predicted molar refractivity (Wildman–Crippen MR) is 507 cm³/mol. The highest BCUT2D eigenvalue weighted by Gasteiger charge is 2.17. The molecule has 13 rings (SSSR count). The molecule has 0 aliphatic rings. The van der Waals surface area contributed by atoms with Crippen molar-refractivity contribution in [2.45, 2.75) is 82.1 Å². The van der Waals surface area contributed by atoms with Crippen LogP contribution in [-0.2, 0) is 104 Å². The van der Waals surface area contributed by atoms with Crippen LogP contribution >= 0.6 is 57.1 Å². The Bertz CT molecular complexity index is 6150. The van der Waals surface area contributed by atoms with Crippen LogP contribution in [0, 0.1) is 20.2 Å². The number of aromatic nitrogens is 8. The molecule has 0 unspecified atom stereocenters. The smallest absolute Gasteiger partial charge is 0.423 e. The lowest BCUT2D eigenvalue weighted by Gasteiger charge is -2.10. The number of hydrogen-bond acceptors (Lipinski definition) is 28. The SMILES string of the molecule is CCc1ccccc1-c1cc(Cl)ncn1.CCc1ccccc1-c1cc(Cl)ncn1.CCc1ccccc1-c1cc(Nc2cccc(CS(N)(=O)=O)c2)ncn1.CCc1ccccc1B(O)O.Clc1cc(Cl)ncn1.N.NS(=O)(=O)Cc1cccc([N+](=O)[O-])c1.Nc1cccc(CS(N)(=O)=O)c1.Nc1cccc(CS(N)(=O)=O)c1.O=[N+]([O-])c1cccc(CS(=O)(=O)Cl)c1. The van der Waals surface area contributed by atoms with Crippen molar-refractivity contribution in [1.29, 1.82) is 0 Å². The average molecular weight is 1950 g/mol. The number of nitro benzene ring substituents is 2. The molecule has 0 saturated carbocycles. The highest BCUT2D eigenvalue weighted by atomic mass is 35.7. The molecule has 128 heavy (non-hydrogen) atoms. The van der Waals surface area contributed by atoms with Gasteiger partial charge in [-0.15, -0.1) is 0 Å². The second-order valence-corrected chi connectivity index (χ2v) is 37.2. The number of primary sulfonamides is 4. The number of nitro groups is 2. The summed E-state index contributed by atoms with van der Waals surface area (Å²) in [7, 11) is -14.1. The van der Waals surface area contributed by atoms with Crippen LogP contribution in [0.25, 0.3) is 33.8 Å². The van der Waals surface area contributed by atoms with Crippen molar-refractivity contribution in [3.05, 3.63) is 359 Å². The van der Waals surface area contributed by atoms with Crippen molar-refractivity contribution in [2.75, 3.05) is 16.8 Å². The lowest BCUT2D eigenvalue weighted by molar-refractivity contribution is -0.385. The van der Waals surface area contributed by atoms with E-state index in [4.69, 9.17) is 99.2 Å². The minimum absolute atomic E-state index is 0. The number of sulfonamides is 4. The monoisotopic (exact) mass is 1940 g/mol. The molecule has 4 aromatic heterocycles. The van der Waals surface area contributed by atoms with Crippen molar-refractivity contribution in [1.82, 2.24) is 46.0 Å². The van der Waals surface area contributed by atoms with E-state index >= 15 is 0 Å². The number of nitrogen functional groups attached to an aromatic ring is 2. The molecule has 0 fully saturated rings. The first-order valence-corrected chi connectivity index (χ1v) is 48.2. The first-order chi connectivity index (χ1) is 59.8. The Labute approximate surface area is 767 Å². The highest BCUT2D eigenvalue weighted by molar-refractivity contribution is 8.13. The minimum Gasteiger partial charge on any atom is -0.423 e. The Morgan fingerprint density at radius 3 is 0.969 bits per heavy atom. The molecule has 13 aromatic rings. The summed E-state index contributed by atoms with van der Waals surface area (Å²) in [5.41, 5.74) is 26.1. The zero-order valence-electron chi connectivity index (χ0n) is 69.0. The Morgan fingerprint density at radius 1 is 0.359 bits per heavy atom. The van der Waals surface area contributed by atoms with E-state index in [1.54, 1.807) is 91.0 Å². The van der Waals surface area contributed by atoms with Gasteiger partial charge in [0, 0.05) is 93.0 Å². The Hall–Kier alpha value is -11.5. The van der Waals surface area contributed by atoms with E-state index in [1.165, 1.54) is 96.6 Å². The fraction of sp³-hybridized carbons (Fsp3) is 0.157. The molecule has 9 aromatic carbocycles. The molecule has 0 radical (unpaired) electrons. The van der Waals surface area contributed by atoms with Gasteiger partial charge in [0.2, 0.25) is 49.1 Å². The van der Waals surface area contributed by atoms with Gasteiger partial charge in [-0.05, 0) is 118 Å². The summed E-state index contributed by atoms with van der Waals surface area (Å²) >= 11 is 22.5. The number of nitrogens with one attached hydrogen (secondary N) is 1. The van der Waals surface area contributed by atoms with E-state index < -0.39 is 77.6 Å². The number of nitrogens with zero attached hydrogens (tertiary/aromatic N) is 10. The van der Waals surface area contributed by atoms with Crippen LogP contribution in [0.3, 0.4) is 0 Å². The van der Waals surface area contributed by atoms with Crippen molar-refractivity contribution in [2.24, 2.45) is 20.6 Å². The summed E-state index contributed by atoms with van der Waals surface area (Å²) < 4.78 is 108. The molecule has 0 amide bonds. The third-order valence-electron chi connectivity index (χ3n) is 16.4. The third-order valence-corrected chi connectivity index (χ3v) is 21.2. The number of rotatable bonds is 22. The Kier molecular flexibility index (Phi) is 45.9. The lowest BCUT2D eigenvalue weighted by Crippen LogP contribution is -2.32. The van der Waals surface area contributed by atoms with Crippen molar-refractivity contribution < 1.29 is 62.0 Å². The molecule has 0 aliphatic carbocycles. The zero-order chi connectivity index (χ0) is 94.1. The normalized spacial score (nSPS) is 10.7. The van der Waals surface area contributed by atoms with E-state index in [2.05, 4.69) is 96.3 Å². The van der Waals surface area contributed by atoms with Gasteiger partial charge in [0.05, 0.1) is 55.7 Å². The van der Waals surface area contributed by atoms with Crippen LogP contribution < -0.4 is 49.0 Å². The van der Waals surface area contributed by atoms with Gasteiger partial charge in [-0.1, -0.05) is 232 Å². The maximum atomic E-state index is 11.3. The molecule has 0 bridgehead atoms. The van der Waals surface area contributed by atoms with Gasteiger partial charge in [0.25, 0.3) is 11.4 Å². The molecule has 0 atom stereocenters. The fourth-order valence-corrected chi connectivity index (χ4v) is 15.3. The van der Waals surface area contributed by atoms with E-state index in [0.717, 1.165) is 70.7 Å². The molecule has 34 nitrogen and oxygen atoms in total. The van der Waals surface area contributed by atoms with Gasteiger partial charge < -0.3 is 33.0 Å². The first kappa shape index (κ1) is 109. The molecule has 0 spiro atoms. The van der Waals surface area contributed by atoms with E-state index in [9.17, 15) is 62.3 Å². The van der Waals surface area contributed by atoms with Crippen molar-refractivity contribution in [3.8, 4) is 33.8 Å². The average Bonchev–Trinajstić information content (AvgIpc) is 0.831. The summed E-state index contributed by atoms with van der Waals surface area (Å²) in [5.74, 6) is -0.712. The molecule has 18 N–H and O–H groups in total. The van der Waals surface area contributed by atoms with Gasteiger partial charge in [-0.3, -0.25) is 20.2 Å². The largest absolute Gasteiger partial charge is 0.488 e. The zero-order valence-corrected chi connectivity index (χ0v) is 76.9. The summed E-state index contributed by atoms with van der Waals surface area (Å²) in [4.78, 5) is 51.6. The van der Waals surface area contributed by atoms with Crippen LogP contribution in [-0.4, -0.2) is 109 Å². The van der Waals surface area contributed by atoms with Gasteiger partial charge in [0.1, 0.15) is 51.7 Å². The van der Waals surface area contributed by atoms with Gasteiger partial charge in [-0.25, -0.2) is 103 Å². The number of hydrogen-bond donors (Lipinski definition) is 10. The summed E-state index contributed by atoms with van der Waals surface area (Å²) in [6, 6.07) is 69.8. The van der Waals surface area contributed by atoms with Crippen molar-refractivity contribution in [3.63, 3.8) is 0 Å². The molecule has 678 valence electrons. The molecular weight excluding hydrogens is 1850 g/mol. The van der Waals surface area contributed by atoms with E-state index in [1.807, 2.05) is 73.7 Å². The first-order valence-electron chi connectivity index (χ1n) is 37.4. The van der Waals surface area contributed by atoms with Crippen LogP contribution in [0.2, 0.25) is 20.6 Å². The van der Waals surface area contributed by atoms with Gasteiger partial charge >= 0.3 is 7.12 Å². The van der Waals surface area contributed by atoms with E-state index in [0.29, 0.717) is 71.1 Å². The second kappa shape index (κ2) is 54.0. The van der Waals surface area contributed by atoms with Crippen LogP contribution in [0.15, 0.2) is 268 Å². The molecule has 4 heterocycles. The van der Waals surface area contributed by atoms with Crippen LogP contribution in [0.5, 0.6) is 0 Å². The summed E-state index contributed by atoms with van der Waals surface area (Å²) in [6.45, 7) is 8.35. The maximum absolute atomic E-state index is 11.3. The van der Waals surface area contributed by atoms with Crippen LogP contribution in [0.1, 0.15) is 77.8 Å². The molecular formula is C83H92BCl5N18O16S5. The maximum Gasteiger partial charge on any atom is 0.488 e. The Morgan fingerprint density at radius 2 is 0.656 bits per heavy atom. The summed E-state index contributed by atoms with van der Waals surface area (Å²) in [6.07, 6.45) is 9.51. The topological polar surface area (TPSA) is 604 Å². The fourth-order valence-electron chi connectivity index (χ4n) is 11.1. The summed E-state index contributed by atoms with van der Waals surface area (Å²) in [5, 5.41) is 63.0. The lowest BCUT2D eigenvalue weighted by atomic mass is 9.76. The second-order valence-electron chi connectivity index (χ2n) is 26.4. The number of anilines is 4. The number of halogens is 5. The number of nitrogens with two attached hydrogens (primary N) is 6. The Balaban J connectivity index is 0.000000307. The van der Waals surface area contributed by atoms with Gasteiger partial charge in [0.15, 0.2) is 0 Å². The highest BCUT2D eigenvalue weighted by Crippen LogP contribution is 2.28. The predicted octanol–water partition coefficient (Wildman–Crippen LogP) is 14.0. The minimum atomic E-state index is -3.67. The number of benzene rings is 9. The number of non-ortho nitro benzene ring substituents is 2. The van der Waals surface area contributed by atoms with Crippen molar-refractivity contribution >= 4 is 153 Å². The van der Waals surface area contributed by atoms with E-state index in [-0.39, 0.29) is 34.8 Å². The van der Waals surface area contributed by atoms with Gasteiger partial charge in [-0.2, -0.15) is 0 Å². The molecule has 45 heteroatoms. The third kappa shape index (κ3) is 43.8. The standard InChI is InChI=1S/C19H20N4O2S.2C12H11ClN2.C8H11BO2.C7H6ClNO4S.C7H8N2O4S.2C7H10N2O2S.C4H2Cl2N2.H3N/c1-2-15-7-3-4-9-17(15)18-11-19(22-13-21-18)23-16-8-5-6-14(10-16)12-26(20,24)25;2*1-2-9-5-3-4-6-10(9)11-7-12(13)15-8-14-11;1-2-7-5-3-4-6-8(7)9(10)11;2*8-14(12,13)5-6-2-1-3-7(4-6)9(10)11;2*8-7-3-1-2-6(4-7)5-12(9,10)11;5-3-1-4(6)8-2-7-3;/h3-11,13H,2,12H2,1H3,(H2,20,24,25)(H,21,22,23);2*3-8H,2H2,1H3;3-6,10-11H,2H2,1H3;1-4H,5H2;1-4H,5H2,(H2,8,12,13);2*1-4H,5,8H2,(H2,9,10,11);1-2H;1H3. The number of aryl methyl sites for hydroxylation is 4.